The fourth-order valence-electron chi connectivity index (χ4n) is 2.60. The van der Waals surface area contributed by atoms with Crippen LogP contribution < -0.4 is 10.1 Å². The average Bonchev–Trinajstić information content (AvgIpc) is 3.03. The van der Waals surface area contributed by atoms with E-state index in [9.17, 15) is 4.79 Å². The fraction of sp³-hybridized carbons (Fsp3) is 0.625. The number of amides is 1. The molecule has 6 heteroatoms. The fourth-order valence-corrected chi connectivity index (χ4v) is 2.60. The molecule has 22 heavy (non-hydrogen) atoms. The third kappa shape index (κ3) is 4.18. The second kappa shape index (κ2) is 8.10. The average molecular weight is 308 g/mol. The molecule has 0 unspecified atom stereocenters. The number of aromatic nitrogens is 1. The Morgan fingerprint density at radius 1 is 1.32 bits per heavy atom. The van der Waals surface area contributed by atoms with Crippen LogP contribution in [-0.2, 0) is 14.3 Å². The first kappa shape index (κ1) is 16.7. The van der Waals surface area contributed by atoms with Crippen molar-refractivity contribution in [2.75, 3.05) is 32.2 Å². The van der Waals surface area contributed by atoms with E-state index in [2.05, 4.69) is 10.3 Å². The van der Waals surface area contributed by atoms with Gasteiger partial charge in [-0.1, -0.05) is 0 Å². The third-order valence-corrected chi connectivity index (χ3v) is 3.89. The van der Waals surface area contributed by atoms with E-state index < -0.39 is 5.60 Å². The number of rotatable bonds is 8. The molecule has 0 spiro atoms. The second-order valence-electron chi connectivity index (χ2n) is 5.29. The van der Waals surface area contributed by atoms with E-state index in [4.69, 9.17) is 14.2 Å². The van der Waals surface area contributed by atoms with Gasteiger partial charge in [0.15, 0.2) is 0 Å². The van der Waals surface area contributed by atoms with Crippen LogP contribution in [-0.4, -0.2) is 43.4 Å². The highest BCUT2D eigenvalue weighted by Crippen LogP contribution is 2.33. The molecular weight excluding hydrogens is 284 g/mol. The quantitative estimate of drug-likeness (QED) is 0.747. The molecule has 1 aromatic rings. The van der Waals surface area contributed by atoms with Crippen molar-refractivity contribution in [1.29, 1.82) is 0 Å². The molecule has 0 atom stereocenters. The van der Waals surface area contributed by atoms with Crippen LogP contribution in [0, 0.1) is 0 Å². The van der Waals surface area contributed by atoms with Crippen LogP contribution >= 0.6 is 0 Å². The zero-order chi connectivity index (χ0) is 15.8. The number of methoxy groups -OCH3 is 1. The number of carbonyl (C=O) groups excluding carboxylic acids is 1. The van der Waals surface area contributed by atoms with E-state index in [1.165, 1.54) is 0 Å². The predicted molar refractivity (Wildman–Crippen MR) is 83.1 cm³/mol. The lowest BCUT2D eigenvalue weighted by molar-refractivity contribution is -0.137. The van der Waals surface area contributed by atoms with Gasteiger partial charge in [-0.05, 0) is 38.7 Å². The molecule has 1 fully saturated rings. The van der Waals surface area contributed by atoms with Gasteiger partial charge in [0.1, 0.15) is 12.2 Å². The Balaban J connectivity index is 1.86. The van der Waals surface area contributed by atoms with E-state index in [1.54, 1.807) is 25.4 Å². The summed E-state index contributed by atoms with van der Waals surface area (Å²) in [6.45, 7) is 3.60. The van der Waals surface area contributed by atoms with Gasteiger partial charge in [0, 0.05) is 19.8 Å². The minimum absolute atomic E-state index is 0.0979. The molecule has 0 aromatic carbocycles. The number of carbonyl (C=O) groups is 1. The molecular formula is C16H24N2O4. The number of ether oxygens (including phenoxy) is 3. The van der Waals surface area contributed by atoms with Crippen LogP contribution in [0.1, 0.15) is 32.6 Å². The monoisotopic (exact) mass is 308 g/mol. The summed E-state index contributed by atoms with van der Waals surface area (Å²) in [6, 6.07) is 3.51. The molecule has 0 saturated heterocycles. The number of pyridine rings is 1. The van der Waals surface area contributed by atoms with Crippen LogP contribution in [0.15, 0.2) is 18.3 Å². The topological polar surface area (TPSA) is 69.7 Å². The van der Waals surface area contributed by atoms with Crippen molar-refractivity contribution in [1.82, 2.24) is 4.98 Å². The van der Waals surface area contributed by atoms with E-state index in [0.29, 0.717) is 31.4 Å². The van der Waals surface area contributed by atoms with Crippen molar-refractivity contribution < 1.29 is 19.0 Å². The number of nitrogens with zero attached hydrogens (tertiary/aromatic N) is 1. The normalized spacial score (nSPS) is 16.5. The molecule has 122 valence electrons. The van der Waals surface area contributed by atoms with Gasteiger partial charge >= 0.3 is 0 Å². The van der Waals surface area contributed by atoms with Crippen LogP contribution in [0.5, 0.6) is 5.88 Å². The van der Waals surface area contributed by atoms with E-state index in [0.717, 1.165) is 25.7 Å². The molecule has 1 aromatic heterocycles. The van der Waals surface area contributed by atoms with E-state index in [1.807, 2.05) is 6.92 Å². The Bertz CT molecular complexity index is 470. The van der Waals surface area contributed by atoms with Gasteiger partial charge < -0.3 is 19.5 Å². The number of anilines is 1. The largest absolute Gasteiger partial charge is 0.475 e. The standard InChI is InChI=1S/C16H24N2O4/c1-3-21-10-11-22-14-7-6-13(12-17-14)18-15(19)16(20-2)8-4-5-9-16/h6-7,12H,3-5,8-11H2,1-2H3,(H,18,19). The SMILES string of the molecule is CCOCCOc1ccc(NC(=O)C2(OC)CCCC2)cn1. The highest BCUT2D eigenvalue weighted by atomic mass is 16.5. The maximum absolute atomic E-state index is 12.4. The molecule has 0 aliphatic heterocycles. The maximum Gasteiger partial charge on any atom is 0.256 e. The number of hydrogen-bond acceptors (Lipinski definition) is 5. The molecule has 0 radical (unpaired) electrons. The van der Waals surface area contributed by atoms with Gasteiger partial charge in [0.2, 0.25) is 5.88 Å². The van der Waals surface area contributed by atoms with Gasteiger partial charge in [0.05, 0.1) is 18.5 Å². The van der Waals surface area contributed by atoms with Crippen molar-refractivity contribution in [2.45, 2.75) is 38.2 Å². The summed E-state index contributed by atoms with van der Waals surface area (Å²) in [4.78, 5) is 16.6. The Labute approximate surface area is 131 Å². The predicted octanol–water partition coefficient (Wildman–Crippen LogP) is 2.39. The molecule has 0 bridgehead atoms. The zero-order valence-electron chi connectivity index (χ0n) is 13.3. The van der Waals surface area contributed by atoms with Crippen molar-refractivity contribution in [3.8, 4) is 5.88 Å². The number of hydrogen-bond donors (Lipinski definition) is 1. The molecule has 1 aliphatic rings. The second-order valence-corrected chi connectivity index (χ2v) is 5.29. The summed E-state index contributed by atoms with van der Waals surface area (Å²) in [7, 11) is 1.60. The van der Waals surface area contributed by atoms with Crippen LogP contribution in [0.25, 0.3) is 0 Å². The van der Waals surface area contributed by atoms with Crippen LogP contribution in [0.2, 0.25) is 0 Å². The summed E-state index contributed by atoms with van der Waals surface area (Å²) in [5, 5.41) is 2.87. The van der Waals surface area contributed by atoms with Crippen molar-refractivity contribution in [3.05, 3.63) is 18.3 Å². The summed E-state index contributed by atoms with van der Waals surface area (Å²) in [5.41, 5.74) is -0.0439. The molecule has 6 nitrogen and oxygen atoms in total. The first-order valence-corrected chi connectivity index (χ1v) is 7.73. The van der Waals surface area contributed by atoms with Gasteiger partial charge in [-0.15, -0.1) is 0 Å². The van der Waals surface area contributed by atoms with Gasteiger partial charge in [-0.25, -0.2) is 4.98 Å². The molecule has 1 amide bonds. The first-order chi connectivity index (χ1) is 10.7. The Morgan fingerprint density at radius 2 is 2.09 bits per heavy atom. The van der Waals surface area contributed by atoms with Crippen LogP contribution in [0.4, 0.5) is 5.69 Å². The Hall–Kier alpha value is -1.66. The van der Waals surface area contributed by atoms with E-state index >= 15 is 0 Å². The lowest BCUT2D eigenvalue weighted by atomic mass is 10.0. The number of nitrogens with one attached hydrogen (secondary N) is 1. The molecule has 1 N–H and O–H groups in total. The molecule has 2 rings (SSSR count). The summed E-state index contributed by atoms with van der Waals surface area (Å²) in [5.74, 6) is 0.416. The van der Waals surface area contributed by atoms with Gasteiger partial charge in [0.25, 0.3) is 5.91 Å². The van der Waals surface area contributed by atoms with Gasteiger partial charge in [-0.2, -0.15) is 0 Å². The Kier molecular flexibility index (Phi) is 6.15. The van der Waals surface area contributed by atoms with Crippen molar-refractivity contribution >= 4 is 11.6 Å². The van der Waals surface area contributed by atoms with Crippen molar-refractivity contribution in [3.63, 3.8) is 0 Å². The van der Waals surface area contributed by atoms with E-state index in [-0.39, 0.29) is 5.91 Å². The summed E-state index contributed by atoms with van der Waals surface area (Å²) < 4.78 is 16.1. The summed E-state index contributed by atoms with van der Waals surface area (Å²) in [6.07, 6.45) is 5.16. The highest BCUT2D eigenvalue weighted by Gasteiger charge is 2.41. The smallest absolute Gasteiger partial charge is 0.256 e. The lowest BCUT2D eigenvalue weighted by Gasteiger charge is -2.25. The third-order valence-electron chi connectivity index (χ3n) is 3.89. The van der Waals surface area contributed by atoms with Gasteiger partial charge in [-0.3, -0.25) is 4.79 Å². The first-order valence-electron chi connectivity index (χ1n) is 7.73. The highest BCUT2D eigenvalue weighted by molar-refractivity contribution is 5.97. The Morgan fingerprint density at radius 3 is 2.68 bits per heavy atom. The maximum atomic E-state index is 12.4. The molecule has 1 heterocycles. The van der Waals surface area contributed by atoms with Crippen LogP contribution in [0.3, 0.4) is 0 Å². The molecule has 1 saturated carbocycles. The minimum atomic E-state index is -0.688. The lowest BCUT2D eigenvalue weighted by Crippen LogP contribution is -2.42. The van der Waals surface area contributed by atoms with Crippen molar-refractivity contribution in [2.24, 2.45) is 0 Å². The molecule has 1 aliphatic carbocycles. The summed E-state index contributed by atoms with van der Waals surface area (Å²) >= 11 is 0. The zero-order valence-corrected chi connectivity index (χ0v) is 13.3. The minimum Gasteiger partial charge on any atom is -0.475 e.